The minimum Gasteiger partial charge on any atom is -0.349 e. The van der Waals surface area contributed by atoms with Crippen molar-refractivity contribution in [3.8, 4) is 0 Å². The van der Waals surface area contributed by atoms with Crippen molar-refractivity contribution >= 4 is 41.6 Å². The largest absolute Gasteiger partial charge is 0.349 e. The van der Waals surface area contributed by atoms with Gasteiger partial charge in [-0.2, -0.15) is 0 Å². The number of urea groups is 1. The van der Waals surface area contributed by atoms with Crippen LogP contribution in [0.2, 0.25) is 5.02 Å². The first-order chi connectivity index (χ1) is 12.5. The van der Waals surface area contributed by atoms with Crippen LogP contribution in [-0.2, 0) is 0 Å². The number of nitrogens with two attached hydrogens (primary N) is 1. The molecule has 6 nitrogen and oxygen atoms in total. The first-order valence-corrected chi connectivity index (χ1v) is 9.82. The van der Waals surface area contributed by atoms with Gasteiger partial charge >= 0.3 is 6.03 Å². The van der Waals surface area contributed by atoms with E-state index in [1.165, 1.54) is 6.42 Å². The highest BCUT2D eigenvalue weighted by molar-refractivity contribution is 6.34. The molecule has 0 aromatic heterocycles. The Kier molecular flexibility index (Phi) is 6.18. The van der Waals surface area contributed by atoms with E-state index < -0.39 is 0 Å². The molecule has 4 rings (SSSR count). The Morgan fingerprint density at radius 2 is 1.96 bits per heavy atom. The predicted octanol–water partition coefficient (Wildman–Crippen LogP) is 2.93. The zero-order valence-electron chi connectivity index (χ0n) is 15.1. The molecule has 2 bridgehead atoms. The summed E-state index contributed by atoms with van der Waals surface area (Å²) in [6, 6.07) is 5.46. The number of carbonyl (C=O) groups is 2. The van der Waals surface area contributed by atoms with Gasteiger partial charge in [0.15, 0.2) is 0 Å². The average Bonchev–Trinajstić information content (AvgIpc) is 3.02. The summed E-state index contributed by atoms with van der Waals surface area (Å²) in [7, 11) is 0. The van der Waals surface area contributed by atoms with Gasteiger partial charge in [-0.1, -0.05) is 18.0 Å². The molecule has 0 spiro atoms. The first-order valence-electron chi connectivity index (χ1n) is 9.44. The second kappa shape index (κ2) is 8.25. The number of benzene rings is 1. The number of hydrogen-bond donors (Lipinski definition) is 3. The number of nitrogens with zero attached hydrogens (tertiary/aromatic N) is 1. The van der Waals surface area contributed by atoms with Gasteiger partial charge in [0.1, 0.15) is 0 Å². The van der Waals surface area contributed by atoms with E-state index in [0.29, 0.717) is 41.2 Å². The Bertz CT molecular complexity index is 716. The third kappa shape index (κ3) is 4.03. The second-order valence-corrected chi connectivity index (χ2v) is 8.14. The average molecular weight is 413 g/mol. The molecule has 0 radical (unpaired) electrons. The highest BCUT2D eigenvalue weighted by Gasteiger charge is 2.40. The lowest BCUT2D eigenvalue weighted by Crippen LogP contribution is -2.53. The quantitative estimate of drug-likeness (QED) is 0.712. The van der Waals surface area contributed by atoms with Gasteiger partial charge in [0.2, 0.25) is 0 Å². The molecule has 4 N–H and O–H groups in total. The summed E-state index contributed by atoms with van der Waals surface area (Å²) in [6.07, 6.45) is 5.41. The number of hydrogen-bond acceptors (Lipinski definition) is 3. The lowest BCUT2D eigenvalue weighted by atomic mass is 9.67. The van der Waals surface area contributed by atoms with E-state index in [-0.39, 0.29) is 36.4 Å². The van der Waals surface area contributed by atoms with E-state index in [0.717, 1.165) is 25.7 Å². The molecule has 1 aromatic carbocycles. The fourth-order valence-electron chi connectivity index (χ4n) is 4.83. The van der Waals surface area contributed by atoms with Crippen molar-refractivity contribution < 1.29 is 9.59 Å². The number of carbonyl (C=O) groups excluding carboxylic acids is 2. The third-order valence-corrected chi connectivity index (χ3v) is 6.37. The van der Waals surface area contributed by atoms with Gasteiger partial charge in [0.25, 0.3) is 5.91 Å². The van der Waals surface area contributed by atoms with E-state index in [1.54, 1.807) is 23.1 Å². The predicted molar refractivity (Wildman–Crippen MR) is 109 cm³/mol. The van der Waals surface area contributed by atoms with Crippen molar-refractivity contribution in [2.24, 2.45) is 17.6 Å². The number of nitrogens with one attached hydrogen (secondary N) is 2. The van der Waals surface area contributed by atoms with Crippen LogP contribution in [0, 0.1) is 11.8 Å². The lowest BCUT2D eigenvalue weighted by Gasteiger charge is -2.45. The summed E-state index contributed by atoms with van der Waals surface area (Å²) >= 11 is 6.30. The van der Waals surface area contributed by atoms with Crippen molar-refractivity contribution in [1.82, 2.24) is 10.6 Å². The Hall–Kier alpha value is -1.50. The van der Waals surface area contributed by atoms with Crippen LogP contribution in [0.5, 0.6) is 0 Å². The third-order valence-electron chi connectivity index (χ3n) is 6.04. The van der Waals surface area contributed by atoms with E-state index in [1.807, 2.05) is 0 Å². The highest BCUT2D eigenvalue weighted by Crippen LogP contribution is 2.40. The van der Waals surface area contributed by atoms with Gasteiger partial charge in [-0.05, 0) is 55.7 Å². The van der Waals surface area contributed by atoms with Gasteiger partial charge in [-0.25, -0.2) is 4.79 Å². The fourth-order valence-corrected chi connectivity index (χ4v) is 5.03. The Balaban J connectivity index is 0.00000210. The summed E-state index contributed by atoms with van der Waals surface area (Å²) in [4.78, 5) is 26.5. The van der Waals surface area contributed by atoms with E-state index >= 15 is 0 Å². The summed E-state index contributed by atoms with van der Waals surface area (Å²) < 4.78 is 0. The molecule has 2 aliphatic carbocycles. The molecule has 1 aromatic rings. The highest BCUT2D eigenvalue weighted by atomic mass is 35.5. The summed E-state index contributed by atoms with van der Waals surface area (Å²) in [6.45, 7) is 1.20. The minimum atomic E-state index is -0.158. The van der Waals surface area contributed by atoms with Gasteiger partial charge in [0, 0.05) is 30.9 Å². The zero-order chi connectivity index (χ0) is 18.3. The molecule has 27 heavy (non-hydrogen) atoms. The normalized spacial score (nSPS) is 29.7. The molecule has 148 valence electrons. The molecule has 1 heterocycles. The maximum absolute atomic E-state index is 12.9. The number of anilines is 1. The maximum atomic E-state index is 12.9. The van der Waals surface area contributed by atoms with Gasteiger partial charge < -0.3 is 16.4 Å². The van der Waals surface area contributed by atoms with Crippen LogP contribution in [0.4, 0.5) is 10.5 Å². The number of amides is 3. The molecule has 2 atom stereocenters. The molecule has 3 fully saturated rings. The Morgan fingerprint density at radius 1 is 1.26 bits per heavy atom. The maximum Gasteiger partial charge on any atom is 0.321 e. The molecule has 8 heteroatoms. The van der Waals surface area contributed by atoms with Crippen molar-refractivity contribution in [2.45, 2.75) is 44.2 Å². The van der Waals surface area contributed by atoms with Crippen LogP contribution in [-0.4, -0.2) is 37.1 Å². The lowest BCUT2D eigenvalue weighted by molar-refractivity contribution is 0.0756. The molecule has 3 amide bonds. The monoisotopic (exact) mass is 412 g/mol. The fraction of sp³-hybridized carbons (Fsp3) is 0.579. The van der Waals surface area contributed by atoms with Crippen molar-refractivity contribution in [2.75, 3.05) is 18.0 Å². The topological polar surface area (TPSA) is 87.5 Å². The van der Waals surface area contributed by atoms with E-state index in [2.05, 4.69) is 10.6 Å². The summed E-state index contributed by atoms with van der Waals surface area (Å²) in [5.41, 5.74) is 7.30. The van der Waals surface area contributed by atoms with Gasteiger partial charge in [0.05, 0.1) is 10.6 Å². The number of fused-ring (bicyclic) bond motifs is 2. The van der Waals surface area contributed by atoms with Crippen LogP contribution < -0.4 is 21.3 Å². The van der Waals surface area contributed by atoms with E-state index in [9.17, 15) is 9.59 Å². The van der Waals surface area contributed by atoms with Crippen LogP contribution in [0.3, 0.4) is 0 Å². The second-order valence-electron chi connectivity index (χ2n) is 7.73. The molecular weight excluding hydrogens is 387 g/mol. The van der Waals surface area contributed by atoms with Crippen LogP contribution in [0.25, 0.3) is 0 Å². The van der Waals surface area contributed by atoms with E-state index in [4.69, 9.17) is 17.3 Å². The Morgan fingerprint density at radius 3 is 2.59 bits per heavy atom. The summed E-state index contributed by atoms with van der Waals surface area (Å²) in [5, 5.41) is 6.41. The SMILES string of the molecule is Cl.NC1CC2CCCC(C1)C2NC(=O)c1cc(N2CCNC2=O)ccc1Cl. The van der Waals surface area contributed by atoms with Crippen LogP contribution in [0.1, 0.15) is 42.5 Å². The molecule has 1 saturated heterocycles. The van der Waals surface area contributed by atoms with Gasteiger partial charge in [-0.3, -0.25) is 9.69 Å². The van der Waals surface area contributed by atoms with Gasteiger partial charge in [-0.15, -0.1) is 12.4 Å². The standard InChI is InChI=1S/C19H25ClN4O2.ClH/c20-16-5-4-14(24-7-6-22-19(24)26)10-15(16)18(25)23-17-11-2-1-3-12(17)9-13(21)8-11;/h4-5,10-13,17H,1-3,6-9,21H2,(H,22,26)(H,23,25);1H. The molecule has 3 aliphatic rings. The Labute approximate surface area is 170 Å². The smallest absolute Gasteiger partial charge is 0.321 e. The molecule has 2 unspecified atom stereocenters. The minimum absolute atomic E-state index is 0. The molecule has 2 saturated carbocycles. The van der Waals surface area contributed by atoms with Crippen LogP contribution in [0.15, 0.2) is 18.2 Å². The zero-order valence-corrected chi connectivity index (χ0v) is 16.7. The number of rotatable bonds is 3. The first kappa shape index (κ1) is 20.2. The van der Waals surface area contributed by atoms with Crippen LogP contribution >= 0.6 is 24.0 Å². The number of halogens is 2. The van der Waals surface area contributed by atoms with Crippen molar-refractivity contribution in [3.05, 3.63) is 28.8 Å². The van der Waals surface area contributed by atoms with Crippen molar-refractivity contribution in [3.63, 3.8) is 0 Å². The molecule has 1 aliphatic heterocycles. The molecular formula is C19H26Cl2N4O2. The summed E-state index contributed by atoms with van der Waals surface area (Å²) in [5.74, 6) is 0.745. The van der Waals surface area contributed by atoms with Crippen molar-refractivity contribution in [1.29, 1.82) is 0 Å².